The van der Waals surface area contributed by atoms with E-state index in [0.717, 1.165) is 0 Å². The molecular formula is C13H17F3N2O. The van der Waals surface area contributed by atoms with Gasteiger partial charge < -0.3 is 10.1 Å². The molecule has 1 aliphatic heterocycles. The van der Waals surface area contributed by atoms with Crippen LogP contribution >= 0.6 is 0 Å². The van der Waals surface area contributed by atoms with Crippen LogP contribution in [0.5, 0.6) is 5.75 Å². The number of halogens is 3. The van der Waals surface area contributed by atoms with Crippen LogP contribution in [-0.2, 0) is 0 Å². The average Bonchev–Trinajstić information content (AvgIpc) is 2.41. The standard InChI is InChI=1S/C13H17F3N2O/c1-19-10-4-2-3-9(14)11(10)12(13(15)16)18-7-5-17-6-8-18/h2-4,12-13,17H,5-8H2,1H3/t12-/m0/s1. The van der Waals surface area contributed by atoms with Crippen molar-refractivity contribution in [2.75, 3.05) is 33.3 Å². The third-order valence-corrected chi connectivity index (χ3v) is 3.31. The largest absolute Gasteiger partial charge is 0.496 e. The molecule has 0 aromatic heterocycles. The lowest BCUT2D eigenvalue weighted by molar-refractivity contribution is 0.0152. The van der Waals surface area contributed by atoms with Crippen molar-refractivity contribution >= 4 is 0 Å². The third kappa shape index (κ3) is 3.01. The highest BCUT2D eigenvalue weighted by molar-refractivity contribution is 5.37. The number of nitrogens with one attached hydrogen (secondary N) is 1. The number of nitrogens with zero attached hydrogens (tertiary/aromatic N) is 1. The summed E-state index contributed by atoms with van der Waals surface area (Å²) in [6, 6.07) is 2.89. The second-order valence-corrected chi connectivity index (χ2v) is 4.42. The summed E-state index contributed by atoms with van der Waals surface area (Å²) in [5.41, 5.74) is -0.0538. The summed E-state index contributed by atoms with van der Waals surface area (Å²) in [5, 5.41) is 3.09. The van der Waals surface area contributed by atoms with Gasteiger partial charge in [-0.15, -0.1) is 0 Å². The molecule has 0 radical (unpaired) electrons. The zero-order valence-corrected chi connectivity index (χ0v) is 10.7. The number of rotatable bonds is 4. The molecular weight excluding hydrogens is 257 g/mol. The predicted octanol–water partition coefficient (Wildman–Crippen LogP) is 2.05. The van der Waals surface area contributed by atoms with Crippen molar-refractivity contribution in [1.29, 1.82) is 0 Å². The summed E-state index contributed by atoms with van der Waals surface area (Å²) in [5.74, 6) is -0.480. The molecule has 0 unspecified atom stereocenters. The lowest BCUT2D eigenvalue weighted by atomic mass is 10.0. The highest BCUT2D eigenvalue weighted by Crippen LogP contribution is 2.35. The SMILES string of the molecule is COc1cccc(F)c1[C@@H](C(F)F)N1CCNCC1. The Morgan fingerprint density at radius 1 is 1.26 bits per heavy atom. The van der Waals surface area contributed by atoms with Crippen molar-refractivity contribution in [3.05, 3.63) is 29.6 Å². The van der Waals surface area contributed by atoms with E-state index in [1.807, 2.05) is 0 Å². The Morgan fingerprint density at radius 2 is 1.95 bits per heavy atom. The van der Waals surface area contributed by atoms with Gasteiger partial charge in [-0.05, 0) is 12.1 Å². The number of hydrogen-bond donors (Lipinski definition) is 1. The van der Waals surface area contributed by atoms with E-state index in [1.165, 1.54) is 25.3 Å². The smallest absolute Gasteiger partial charge is 0.258 e. The first-order chi connectivity index (χ1) is 9.15. The molecule has 0 aliphatic carbocycles. The molecule has 1 saturated heterocycles. The van der Waals surface area contributed by atoms with Gasteiger partial charge in [0.25, 0.3) is 6.43 Å². The Balaban J connectivity index is 2.38. The fraction of sp³-hybridized carbons (Fsp3) is 0.538. The van der Waals surface area contributed by atoms with E-state index >= 15 is 0 Å². The molecule has 1 atom stereocenters. The van der Waals surface area contributed by atoms with Crippen LogP contribution in [0.3, 0.4) is 0 Å². The minimum absolute atomic E-state index is 0.0538. The summed E-state index contributed by atoms with van der Waals surface area (Å²) in [4.78, 5) is 1.60. The van der Waals surface area contributed by atoms with Crippen molar-refractivity contribution in [2.45, 2.75) is 12.5 Å². The van der Waals surface area contributed by atoms with Crippen LogP contribution in [0.25, 0.3) is 0 Å². The average molecular weight is 274 g/mol. The molecule has 1 aliphatic rings. The molecule has 1 fully saturated rings. The summed E-state index contributed by atoms with van der Waals surface area (Å²) in [6.45, 7) is 2.18. The van der Waals surface area contributed by atoms with Crippen LogP contribution in [0.15, 0.2) is 18.2 Å². The molecule has 1 aromatic rings. The maximum atomic E-state index is 13.9. The summed E-state index contributed by atoms with van der Waals surface area (Å²) < 4.78 is 45.7. The minimum atomic E-state index is -2.66. The van der Waals surface area contributed by atoms with E-state index in [-0.39, 0.29) is 11.3 Å². The van der Waals surface area contributed by atoms with Gasteiger partial charge in [-0.3, -0.25) is 4.90 Å². The Hall–Kier alpha value is -1.27. The molecule has 6 heteroatoms. The summed E-state index contributed by atoms with van der Waals surface area (Å²) >= 11 is 0. The first-order valence-corrected chi connectivity index (χ1v) is 6.20. The zero-order valence-electron chi connectivity index (χ0n) is 10.7. The van der Waals surface area contributed by atoms with Crippen LogP contribution in [0, 0.1) is 5.82 Å². The van der Waals surface area contributed by atoms with Crippen molar-refractivity contribution in [2.24, 2.45) is 0 Å². The molecule has 0 spiro atoms. The molecule has 106 valence electrons. The minimum Gasteiger partial charge on any atom is -0.496 e. The topological polar surface area (TPSA) is 24.5 Å². The van der Waals surface area contributed by atoms with Crippen LogP contribution in [0.1, 0.15) is 11.6 Å². The van der Waals surface area contributed by atoms with E-state index < -0.39 is 18.3 Å². The van der Waals surface area contributed by atoms with Crippen molar-refractivity contribution in [3.63, 3.8) is 0 Å². The first-order valence-electron chi connectivity index (χ1n) is 6.20. The number of methoxy groups -OCH3 is 1. The molecule has 19 heavy (non-hydrogen) atoms. The van der Waals surface area contributed by atoms with Gasteiger partial charge in [0, 0.05) is 26.2 Å². The van der Waals surface area contributed by atoms with E-state index in [9.17, 15) is 13.2 Å². The van der Waals surface area contributed by atoms with Gasteiger partial charge >= 0.3 is 0 Å². The highest BCUT2D eigenvalue weighted by Gasteiger charge is 2.34. The third-order valence-electron chi connectivity index (χ3n) is 3.31. The lowest BCUT2D eigenvalue weighted by Crippen LogP contribution is -2.47. The number of piperazine rings is 1. The van der Waals surface area contributed by atoms with Crippen LogP contribution in [0.2, 0.25) is 0 Å². The summed E-state index contributed by atoms with van der Waals surface area (Å²) in [7, 11) is 1.36. The molecule has 1 heterocycles. The van der Waals surface area contributed by atoms with Crippen LogP contribution < -0.4 is 10.1 Å². The van der Waals surface area contributed by atoms with Gasteiger partial charge in [0.2, 0.25) is 0 Å². The fourth-order valence-electron chi connectivity index (χ4n) is 2.41. The Kier molecular flexibility index (Phi) is 4.66. The maximum absolute atomic E-state index is 13.9. The monoisotopic (exact) mass is 274 g/mol. The van der Waals surface area contributed by atoms with Crippen LogP contribution in [-0.4, -0.2) is 44.6 Å². The van der Waals surface area contributed by atoms with Crippen molar-refractivity contribution in [3.8, 4) is 5.75 Å². The number of hydrogen-bond acceptors (Lipinski definition) is 3. The van der Waals surface area contributed by atoms with Crippen molar-refractivity contribution in [1.82, 2.24) is 10.2 Å². The maximum Gasteiger partial charge on any atom is 0.258 e. The van der Waals surface area contributed by atoms with E-state index in [4.69, 9.17) is 4.74 Å². The number of benzene rings is 1. The quantitative estimate of drug-likeness (QED) is 0.909. The first kappa shape index (κ1) is 14.1. The Morgan fingerprint density at radius 3 is 2.53 bits per heavy atom. The predicted molar refractivity (Wildman–Crippen MR) is 66.1 cm³/mol. The molecule has 1 aromatic carbocycles. The second kappa shape index (κ2) is 6.25. The van der Waals surface area contributed by atoms with E-state index in [0.29, 0.717) is 26.2 Å². The van der Waals surface area contributed by atoms with Gasteiger partial charge in [0.15, 0.2) is 0 Å². The zero-order chi connectivity index (χ0) is 13.8. The summed E-state index contributed by atoms with van der Waals surface area (Å²) in [6.07, 6.45) is -2.66. The molecule has 0 bridgehead atoms. The van der Waals surface area contributed by atoms with E-state index in [1.54, 1.807) is 4.90 Å². The van der Waals surface area contributed by atoms with Gasteiger partial charge in [-0.25, -0.2) is 13.2 Å². The van der Waals surface area contributed by atoms with Gasteiger partial charge in [0.05, 0.1) is 12.7 Å². The van der Waals surface area contributed by atoms with Gasteiger partial charge in [0.1, 0.15) is 17.6 Å². The fourth-order valence-corrected chi connectivity index (χ4v) is 2.41. The number of alkyl halides is 2. The highest BCUT2D eigenvalue weighted by atomic mass is 19.3. The number of ether oxygens (including phenoxy) is 1. The molecule has 2 rings (SSSR count). The Bertz CT molecular complexity index is 422. The molecule has 1 N–H and O–H groups in total. The molecule has 0 saturated carbocycles. The molecule has 0 amide bonds. The lowest BCUT2D eigenvalue weighted by Gasteiger charge is -2.35. The van der Waals surface area contributed by atoms with E-state index in [2.05, 4.69) is 5.32 Å². The Labute approximate surface area is 110 Å². The normalized spacial score (nSPS) is 18.6. The van der Waals surface area contributed by atoms with Gasteiger partial charge in [-0.2, -0.15) is 0 Å². The van der Waals surface area contributed by atoms with Crippen molar-refractivity contribution < 1.29 is 17.9 Å². The molecule has 3 nitrogen and oxygen atoms in total. The van der Waals surface area contributed by atoms with Gasteiger partial charge in [-0.1, -0.05) is 6.07 Å². The second-order valence-electron chi connectivity index (χ2n) is 4.42. The van der Waals surface area contributed by atoms with Crippen LogP contribution in [0.4, 0.5) is 13.2 Å².